The molecule has 3 aromatic carbocycles. The van der Waals surface area contributed by atoms with Crippen LogP contribution in [0.15, 0.2) is 66.7 Å². The van der Waals surface area contributed by atoms with Crippen LogP contribution in [0.25, 0.3) is 0 Å². The maximum Gasteiger partial charge on any atom is 0.258 e. The second kappa shape index (κ2) is 9.77. The lowest BCUT2D eigenvalue weighted by Crippen LogP contribution is -2.35. The van der Waals surface area contributed by atoms with Gasteiger partial charge in [0.1, 0.15) is 11.5 Å². The van der Waals surface area contributed by atoms with Crippen molar-refractivity contribution in [3.63, 3.8) is 0 Å². The van der Waals surface area contributed by atoms with Crippen molar-refractivity contribution in [2.75, 3.05) is 19.1 Å². The Kier molecular flexibility index (Phi) is 6.63. The number of hydrogen-bond donors (Lipinski definition) is 1. The highest BCUT2D eigenvalue weighted by molar-refractivity contribution is 6.07. The van der Waals surface area contributed by atoms with Crippen molar-refractivity contribution in [1.29, 1.82) is 0 Å². The van der Waals surface area contributed by atoms with Crippen LogP contribution >= 0.6 is 0 Å². The Morgan fingerprint density at radius 1 is 0.939 bits per heavy atom. The van der Waals surface area contributed by atoms with Gasteiger partial charge in [0, 0.05) is 23.8 Å². The van der Waals surface area contributed by atoms with Gasteiger partial charge in [0.25, 0.3) is 5.91 Å². The first-order valence-corrected chi connectivity index (χ1v) is 11.0. The third-order valence-corrected chi connectivity index (χ3v) is 5.91. The molecular weight excluding hydrogens is 416 g/mol. The van der Waals surface area contributed by atoms with E-state index in [0.717, 1.165) is 34.5 Å². The lowest BCUT2D eigenvalue weighted by Gasteiger charge is -2.23. The topological polar surface area (TPSA) is 67.9 Å². The molecule has 33 heavy (non-hydrogen) atoms. The van der Waals surface area contributed by atoms with Crippen LogP contribution in [0, 0.1) is 0 Å². The van der Waals surface area contributed by atoms with E-state index < -0.39 is 0 Å². The van der Waals surface area contributed by atoms with Gasteiger partial charge in [-0.2, -0.15) is 0 Å². The number of nitrogens with one attached hydrogen (secondary N) is 1. The summed E-state index contributed by atoms with van der Waals surface area (Å²) < 4.78 is 10.4. The Labute approximate surface area is 194 Å². The predicted octanol–water partition coefficient (Wildman–Crippen LogP) is 4.15. The number of methoxy groups -OCH3 is 2. The van der Waals surface area contributed by atoms with E-state index in [1.54, 1.807) is 38.5 Å². The Bertz CT molecular complexity index is 1160. The van der Waals surface area contributed by atoms with Crippen LogP contribution in [0.3, 0.4) is 0 Å². The van der Waals surface area contributed by atoms with Crippen LogP contribution in [-0.4, -0.2) is 32.1 Å². The maximum absolute atomic E-state index is 13.3. The van der Waals surface area contributed by atoms with Gasteiger partial charge in [-0.3, -0.25) is 9.59 Å². The molecule has 1 aliphatic heterocycles. The zero-order chi connectivity index (χ0) is 23.4. The third-order valence-electron chi connectivity index (χ3n) is 5.91. The molecule has 0 aliphatic carbocycles. The van der Waals surface area contributed by atoms with Gasteiger partial charge in [0.2, 0.25) is 5.91 Å². The van der Waals surface area contributed by atoms with Gasteiger partial charge >= 0.3 is 0 Å². The van der Waals surface area contributed by atoms with Crippen molar-refractivity contribution in [3.8, 4) is 11.5 Å². The number of amides is 2. The van der Waals surface area contributed by atoms with E-state index in [1.165, 1.54) is 0 Å². The average molecular weight is 445 g/mol. The van der Waals surface area contributed by atoms with E-state index in [4.69, 9.17) is 9.47 Å². The van der Waals surface area contributed by atoms with Crippen LogP contribution in [0.5, 0.6) is 11.5 Å². The van der Waals surface area contributed by atoms with Gasteiger partial charge in [0.05, 0.1) is 20.6 Å². The Hall–Kier alpha value is -3.80. The second-order valence-electron chi connectivity index (χ2n) is 8.22. The van der Waals surface area contributed by atoms with Crippen LogP contribution in [-0.2, 0) is 24.2 Å². The number of fused-ring (bicyclic) bond motifs is 1. The van der Waals surface area contributed by atoms with Gasteiger partial charge in [0.15, 0.2) is 0 Å². The number of carbonyl (C=O) groups is 2. The fourth-order valence-electron chi connectivity index (χ4n) is 4.18. The summed E-state index contributed by atoms with van der Waals surface area (Å²) in [5.41, 5.74) is 4.51. The number of ether oxygens (including phenoxy) is 2. The SMILES string of the molecule is COc1ccc(C(=O)N2c3cc(CNC(=O)Cc4cccc(OC)c4)ccc3C[C@H]2C)cc1. The number of benzene rings is 3. The van der Waals surface area contributed by atoms with Crippen LogP contribution in [0.2, 0.25) is 0 Å². The van der Waals surface area contributed by atoms with E-state index >= 15 is 0 Å². The van der Waals surface area contributed by atoms with E-state index in [2.05, 4.69) is 18.3 Å². The van der Waals surface area contributed by atoms with Gasteiger partial charge in [-0.15, -0.1) is 0 Å². The number of rotatable bonds is 7. The summed E-state index contributed by atoms with van der Waals surface area (Å²) >= 11 is 0. The first-order chi connectivity index (χ1) is 16.0. The van der Waals surface area contributed by atoms with Gasteiger partial charge < -0.3 is 19.7 Å². The minimum atomic E-state index is -0.0664. The smallest absolute Gasteiger partial charge is 0.258 e. The summed E-state index contributed by atoms with van der Waals surface area (Å²) in [7, 11) is 3.21. The molecule has 6 nitrogen and oxygen atoms in total. The quantitative estimate of drug-likeness (QED) is 0.594. The van der Waals surface area contributed by atoms with E-state index in [9.17, 15) is 9.59 Å². The molecule has 1 heterocycles. The van der Waals surface area contributed by atoms with Crippen LogP contribution in [0.1, 0.15) is 34.0 Å². The number of hydrogen-bond acceptors (Lipinski definition) is 4. The molecule has 0 unspecified atom stereocenters. The molecule has 0 bridgehead atoms. The number of anilines is 1. The summed E-state index contributed by atoms with van der Waals surface area (Å²) in [6, 6.07) is 20.8. The number of carbonyl (C=O) groups excluding carboxylic acids is 2. The summed E-state index contributed by atoms with van der Waals surface area (Å²) in [5.74, 6) is 1.34. The maximum atomic E-state index is 13.3. The molecule has 3 aromatic rings. The van der Waals surface area contributed by atoms with Gasteiger partial charge in [-0.25, -0.2) is 0 Å². The Morgan fingerprint density at radius 3 is 2.42 bits per heavy atom. The van der Waals surface area contributed by atoms with Crippen molar-refractivity contribution >= 4 is 17.5 Å². The lowest BCUT2D eigenvalue weighted by molar-refractivity contribution is -0.120. The average Bonchev–Trinajstić information content (AvgIpc) is 3.17. The molecule has 0 radical (unpaired) electrons. The van der Waals surface area contributed by atoms with Gasteiger partial charge in [-0.05, 0) is 72.5 Å². The van der Waals surface area contributed by atoms with Crippen molar-refractivity contribution in [3.05, 3.63) is 89.0 Å². The van der Waals surface area contributed by atoms with Crippen molar-refractivity contribution in [2.24, 2.45) is 0 Å². The predicted molar refractivity (Wildman–Crippen MR) is 128 cm³/mol. The zero-order valence-corrected chi connectivity index (χ0v) is 19.1. The van der Waals surface area contributed by atoms with E-state index in [-0.39, 0.29) is 24.3 Å². The molecule has 6 heteroatoms. The minimum Gasteiger partial charge on any atom is -0.497 e. The Morgan fingerprint density at radius 2 is 1.70 bits per heavy atom. The first kappa shape index (κ1) is 22.4. The molecule has 0 fully saturated rings. The molecule has 1 aliphatic rings. The fourth-order valence-corrected chi connectivity index (χ4v) is 4.18. The van der Waals surface area contributed by atoms with Gasteiger partial charge in [-0.1, -0.05) is 24.3 Å². The molecular formula is C27H28N2O4. The van der Waals surface area contributed by atoms with E-state index in [0.29, 0.717) is 17.9 Å². The van der Waals surface area contributed by atoms with Crippen molar-refractivity contribution in [2.45, 2.75) is 32.4 Å². The molecule has 1 atom stereocenters. The minimum absolute atomic E-state index is 0.0388. The van der Waals surface area contributed by atoms with Crippen molar-refractivity contribution in [1.82, 2.24) is 5.32 Å². The molecule has 0 saturated carbocycles. The summed E-state index contributed by atoms with van der Waals surface area (Å²) in [5, 5.41) is 2.98. The molecule has 0 aromatic heterocycles. The Balaban J connectivity index is 1.45. The van der Waals surface area contributed by atoms with Crippen LogP contribution < -0.4 is 19.7 Å². The number of nitrogens with zero attached hydrogens (tertiary/aromatic N) is 1. The lowest BCUT2D eigenvalue weighted by atomic mass is 10.1. The molecule has 170 valence electrons. The second-order valence-corrected chi connectivity index (χ2v) is 8.22. The highest BCUT2D eigenvalue weighted by Gasteiger charge is 2.31. The van der Waals surface area contributed by atoms with Crippen molar-refractivity contribution < 1.29 is 19.1 Å². The van der Waals surface area contributed by atoms with E-state index in [1.807, 2.05) is 41.3 Å². The third kappa shape index (κ3) is 5.00. The summed E-state index contributed by atoms with van der Waals surface area (Å²) in [4.78, 5) is 27.6. The molecule has 0 saturated heterocycles. The highest BCUT2D eigenvalue weighted by Crippen LogP contribution is 2.34. The fraction of sp³-hybridized carbons (Fsp3) is 0.259. The monoisotopic (exact) mass is 444 g/mol. The zero-order valence-electron chi connectivity index (χ0n) is 19.1. The summed E-state index contributed by atoms with van der Waals surface area (Å²) in [6.45, 7) is 2.45. The summed E-state index contributed by atoms with van der Waals surface area (Å²) in [6.07, 6.45) is 1.08. The molecule has 4 rings (SSSR count). The normalized spacial score (nSPS) is 14.5. The standard InChI is InChI=1S/C27H28N2O4/c1-18-13-22-8-7-20(17-28-26(30)16-19-5-4-6-24(14-19)33-3)15-25(22)29(18)27(31)21-9-11-23(32-2)12-10-21/h4-12,14-15,18H,13,16-17H2,1-3H3,(H,28,30)/t18-/m1/s1. The van der Waals surface area contributed by atoms with Crippen LogP contribution in [0.4, 0.5) is 5.69 Å². The first-order valence-electron chi connectivity index (χ1n) is 11.0. The molecule has 1 N–H and O–H groups in total. The molecule has 2 amide bonds. The largest absolute Gasteiger partial charge is 0.497 e. The molecule has 0 spiro atoms. The highest BCUT2D eigenvalue weighted by atomic mass is 16.5.